The van der Waals surface area contributed by atoms with Gasteiger partial charge < -0.3 is 19.4 Å². The summed E-state index contributed by atoms with van der Waals surface area (Å²) in [6.45, 7) is 3.87. The molecule has 0 saturated carbocycles. The average Bonchev–Trinajstić information content (AvgIpc) is 3.28. The van der Waals surface area contributed by atoms with Gasteiger partial charge in [0.05, 0.1) is 32.1 Å². The zero-order valence-corrected chi connectivity index (χ0v) is 18.4. The Kier molecular flexibility index (Phi) is 6.53. The molecule has 8 nitrogen and oxygen atoms in total. The second kappa shape index (κ2) is 10.2. The topological polar surface area (TPSA) is 88.5 Å². The molecule has 168 valence electrons. The summed E-state index contributed by atoms with van der Waals surface area (Å²) in [7, 11) is 0. The van der Waals surface area contributed by atoms with E-state index in [4.69, 9.17) is 9.47 Å². The number of hydrogen-bond acceptors (Lipinski definition) is 7. The largest absolute Gasteiger partial charge is 0.463 e. The fourth-order valence-corrected chi connectivity index (χ4v) is 3.79. The van der Waals surface area contributed by atoms with Gasteiger partial charge in [0.2, 0.25) is 0 Å². The Balaban J connectivity index is 1.31. The molecular weight excluding hydrogens is 416 g/mol. The maximum atomic E-state index is 5.91. The third kappa shape index (κ3) is 5.35. The quantitative estimate of drug-likeness (QED) is 0.421. The summed E-state index contributed by atoms with van der Waals surface area (Å²) in [6.07, 6.45) is 6.34. The third-order valence-corrected chi connectivity index (χ3v) is 5.50. The molecule has 1 saturated heterocycles. The first-order valence-electron chi connectivity index (χ1n) is 11.1. The number of benzene rings is 1. The molecule has 8 heteroatoms. The van der Waals surface area contributed by atoms with Crippen LogP contribution in [0.5, 0.6) is 6.01 Å². The van der Waals surface area contributed by atoms with Gasteiger partial charge in [-0.15, -0.1) is 0 Å². The minimum absolute atomic E-state index is 0.368. The van der Waals surface area contributed by atoms with E-state index >= 15 is 0 Å². The molecule has 0 spiro atoms. The predicted molar refractivity (Wildman–Crippen MR) is 128 cm³/mol. The van der Waals surface area contributed by atoms with Crippen molar-refractivity contribution in [2.75, 3.05) is 37.8 Å². The molecule has 1 N–H and O–H groups in total. The standard InChI is InChI=1S/C25H26N6O2/c1-2-7-23-22(6-1)19(17-28-23)16-26-18-21-15-24(31-10-13-32-14-11-31)30-25(29-21)33-12-8-20-5-3-4-9-27-20/h1-7,9,15-17,28H,8,10-14,18H2. The average molecular weight is 443 g/mol. The maximum absolute atomic E-state index is 5.91. The number of aromatic amines is 1. The molecule has 4 aromatic rings. The van der Waals surface area contributed by atoms with Crippen LogP contribution in [0.3, 0.4) is 0 Å². The number of H-pyrrole nitrogens is 1. The van der Waals surface area contributed by atoms with Crippen LogP contribution in [0.2, 0.25) is 0 Å². The van der Waals surface area contributed by atoms with Crippen molar-refractivity contribution >= 4 is 22.9 Å². The molecule has 0 unspecified atom stereocenters. The Morgan fingerprint density at radius 2 is 1.94 bits per heavy atom. The number of pyridine rings is 1. The van der Waals surface area contributed by atoms with Crippen molar-refractivity contribution < 1.29 is 9.47 Å². The van der Waals surface area contributed by atoms with Gasteiger partial charge in [-0.25, -0.2) is 0 Å². The first kappa shape index (κ1) is 21.1. The summed E-state index contributed by atoms with van der Waals surface area (Å²) in [6, 6.07) is 16.4. The van der Waals surface area contributed by atoms with Crippen molar-refractivity contribution in [3.05, 3.63) is 77.9 Å². The van der Waals surface area contributed by atoms with E-state index in [9.17, 15) is 0 Å². The van der Waals surface area contributed by atoms with Crippen molar-refractivity contribution in [3.8, 4) is 6.01 Å². The molecule has 4 heterocycles. The van der Waals surface area contributed by atoms with E-state index in [-0.39, 0.29) is 0 Å². The lowest BCUT2D eigenvalue weighted by Crippen LogP contribution is -2.37. The van der Waals surface area contributed by atoms with Crippen molar-refractivity contribution in [3.63, 3.8) is 0 Å². The molecular formula is C25H26N6O2. The Hall–Kier alpha value is -3.78. The van der Waals surface area contributed by atoms with Crippen LogP contribution < -0.4 is 9.64 Å². The number of fused-ring (bicyclic) bond motifs is 1. The van der Waals surface area contributed by atoms with Crippen LogP contribution in [-0.2, 0) is 17.7 Å². The summed E-state index contributed by atoms with van der Waals surface area (Å²) in [4.78, 5) is 23.7. The van der Waals surface area contributed by atoms with E-state index in [1.165, 1.54) is 0 Å². The van der Waals surface area contributed by atoms with Crippen molar-refractivity contribution in [2.24, 2.45) is 4.99 Å². The van der Waals surface area contributed by atoms with Crippen LogP contribution >= 0.6 is 0 Å². The molecule has 1 aromatic carbocycles. The number of ether oxygens (including phenoxy) is 2. The monoisotopic (exact) mass is 442 g/mol. The summed E-state index contributed by atoms with van der Waals surface area (Å²) in [5, 5.41) is 1.15. The van der Waals surface area contributed by atoms with Gasteiger partial charge in [-0.2, -0.15) is 9.97 Å². The van der Waals surface area contributed by atoms with Gasteiger partial charge in [-0.05, 0) is 18.2 Å². The van der Waals surface area contributed by atoms with Gasteiger partial charge in [-0.1, -0.05) is 24.3 Å². The Labute approximate surface area is 192 Å². The summed E-state index contributed by atoms with van der Waals surface area (Å²) in [5.41, 5.74) is 3.94. The molecule has 3 aromatic heterocycles. The molecule has 1 fully saturated rings. The lowest BCUT2D eigenvalue weighted by atomic mass is 10.2. The van der Waals surface area contributed by atoms with Crippen molar-refractivity contribution in [2.45, 2.75) is 13.0 Å². The van der Waals surface area contributed by atoms with E-state index in [1.807, 2.05) is 48.8 Å². The molecule has 1 aliphatic rings. The minimum atomic E-state index is 0.368. The molecule has 0 bridgehead atoms. The fourth-order valence-electron chi connectivity index (χ4n) is 3.79. The maximum Gasteiger partial charge on any atom is 0.318 e. The molecule has 5 rings (SSSR count). The molecule has 0 aliphatic carbocycles. The Bertz CT molecular complexity index is 1220. The van der Waals surface area contributed by atoms with E-state index in [0.29, 0.717) is 38.8 Å². The highest BCUT2D eigenvalue weighted by Gasteiger charge is 2.15. The number of rotatable bonds is 8. The summed E-state index contributed by atoms with van der Waals surface area (Å²) in [5.74, 6) is 0.846. The molecule has 33 heavy (non-hydrogen) atoms. The molecule has 0 radical (unpaired) electrons. The number of aromatic nitrogens is 4. The molecule has 1 aliphatic heterocycles. The van der Waals surface area contributed by atoms with Crippen LogP contribution in [-0.4, -0.2) is 59.1 Å². The van der Waals surface area contributed by atoms with Gasteiger partial charge in [0.15, 0.2) is 0 Å². The predicted octanol–water partition coefficient (Wildman–Crippen LogP) is 3.43. The summed E-state index contributed by atoms with van der Waals surface area (Å²) < 4.78 is 11.4. The third-order valence-electron chi connectivity index (χ3n) is 5.50. The number of hydrogen-bond donors (Lipinski definition) is 1. The van der Waals surface area contributed by atoms with Gasteiger partial charge in [-0.3, -0.25) is 9.98 Å². The van der Waals surface area contributed by atoms with Gasteiger partial charge in [0.1, 0.15) is 5.82 Å². The lowest BCUT2D eigenvalue weighted by molar-refractivity contribution is 0.122. The number of morpholine rings is 1. The van der Waals surface area contributed by atoms with E-state index in [2.05, 4.69) is 42.0 Å². The van der Waals surface area contributed by atoms with Crippen LogP contribution in [0, 0.1) is 0 Å². The van der Waals surface area contributed by atoms with Gasteiger partial charge >= 0.3 is 6.01 Å². The SMILES string of the molecule is C(=NCc1cc(N2CCOCC2)nc(OCCc2ccccn2)n1)c1c[nH]c2ccccc12. The van der Waals surface area contributed by atoms with Gasteiger partial charge in [0, 0.05) is 66.3 Å². The number of para-hydroxylation sites is 1. The summed E-state index contributed by atoms with van der Waals surface area (Å²) >= 11 is 0. The lowest BCUT2D eigenvalue weighted by Gasteiger charge is -2.28. The zero-order valence-electron chi connectivity index (χ0n) is 18.4. The van der Waals surface area contributed by atoms with E-state index in [1.54, 1.807) is 6.20 Å². The highest BCUT2D eigenvalue weighted by atomic mass is 16.5. The van der Waals surface area contributed by atoms with E-state index < -0.39 is 0 Å². The highest BCUT2D eigenvalue weighted by molar-refractivity contribution is 5.98. The smallest absolute Gasteiger partial charge is 0.318 e. The van der Waals surface area contributed by atoms with Crippen LogP contribution in [0.15, 0.2) is 65.9 Å². The first-order valence-corrected chi connectivity index (χ1v) is 11.1. The minimum Gasteiger partial charge on any atom is -0.463 e. The van der Waals surface area contributed by atoms with Crippen molar-refractivity contribution in [1.82, 2.24) is 19.9 Å². The number of anilines is 1. The van der Waals surface area contributed by atoms with Crippen LogP contribution in [0.1, 0.15) is 17.0 Å². The highest BCUT2D eigenvalue weighted by Crippen LogP contribution is 2.19. The molecule has 0 amide bonds. The Morgan fingerprint density at radius 3 is 2.82 bits per heavy atom. The Morgan fingerprint density at radius 1 is 1.06 bits per heavy atom. The second-order valence-corrected chi connectivity index (χ2v) is 7.78. The first-order chi connectivity index (χ1) is 16.3. The second-order valence-electron chi connectivity index (χ2n) is 7.78. The number of nitrogens with one attached hydrogen (secondary N) is 1. The van der Waals surface area contributed by atoms with Crippen LogP contribution in [0.25, 0.3) is 10.9 Å². The zero-order chi connectivity index (χ0) is 22.3. The number of nitrogens with zero attached hydrogens (tertiary/aromatic N) is 5. The van der Waals surface area contributed by atoms with Gasteiger partial charge in [0.25, 0.3) is 0 Å². The van der Waals surface area contributed by atoms with E-state index in [0.717, 1.165) is 46.8 Å². The normalized spacial score (nSPS) is 14.2. The van der Waals surface area contributed by atoms with Crippen LogP contribution in [0.4, 0.5) is 5.82 Å². The number of aliphatic imine (C=N–C) groups is 1. The molecule has 0 atom stereocenters. The fraction of sp³-hybridized carbons (Fsp3) is 0.280. The van der Waals surface area contributed by atoms with Crippen molar-refractivity contribution in [1.29, 1.82) is 0 Å².